The molecule has 0 spiro atoms. The molecule has 0 radical (unpaired) electrons. The lowest BCUT2D eigenvalue weighted by atomic mass is 10.1. The molecule has 1 saturated heterocycles. The third kappa shape index (κ3) is 3.99. The van der Waals surface area contributed by atoms with Crippen molar-refractivity contribution in [3.63, 3.8) is 0 Å². The van der Waals surface area contributed by atoms with Gasteiger partial charge in [0.2, 0.25) is 11.8 Å². The van der Waals surface area contributed by atoms with Crippen molar-refractivity contribution < 1.29 is 9.59 Å². The van der Waals surface area contributed by atoms with Gasteiger partial charge in [0.25, 0.3) is 0 Å². The monoisotopic (exact) mass is 356 g/mol. The SMILES string of the molecule is CCCN(CCC)C(=O)C1CC(=O)N(c2cccc(Cl)c2Cl)C1. The second kappa shape index (κ2) is 8.02. The van der Waals surface area contributed by atoms with Crippen LogP contribution in [0.3, 0.4) is 0 Å². The van der Waals surface area contributed by atoms with Gasteiger partial charge in [0.15, 0.2) is 0 Å². The van der Waals surface area contributed by atoms with Gasteiger partial charge in [0.05, 0.1) is 21.7 Å². The number of hydrogen-bond donors (Lipinski definition) is 0. The Balaban J connectivity index is 2.16. The zero-order chi connectivity index (χ0) is 17.0. The quantitative estimate of drug-likeness (QED) is 0.772. The van der Waals surface area contributed by atoms with Gasteiger partial charge in [-0.2, -0.15) is 0 Å². The number of anilines is 1. The van der Waals surface area contributed by atoms with Crippen LogP contribution >= 0.6 is 23.2 Å². The normalized spacial score (nSPS) is 17.7. The highest BCUT2D eigenvalue weighted by atomic mass is 35.5. The summed E-state index contributed by atoms with van der Waals surface area (Å²) in [6, 6.07) is 5.20. The Morgan fingerprint density at radius 3 is 2.52 bits per heavy atom. The molecule has 2 rings (SSSR count). The molecule has 1 unspecified atom stereocenters. The highest BCUT2D eigenvalue weighted by molar-refractivity contribution is 6.44. The smallest absolute Gasteiger partial charge is 0.228 e. The van der Waals surface area contributed by atoms with E-state index < -0.39 is 0 Å². The minimum Gasteiger partial charge on any atom is -0.342 e. The summed E-state index contributed by atoms with van der Waals surface area (Å²) in [6.45, 7) is 5.92. The predicted octanol–water partition coefficient (Wildman–Crippen LogP) is 3.99. The number of carbonyl (C=O) groups is 2. The van der Waals surface area contributed by atoms with Crippen LogP contribution in [0.15, 0.2) is 18.2 Å². The minimum atomic E-state index is -0.310. The first-order valence-electron chi connectivity index (χ1n) is 8.02. The van der Waals surface area contributed by atoms with Gasteiger partial charge in [0, 0.05) is 26.1 Å². The maximum atomic E-state index is 12.7. The number of nitrogens with zero attached hydrogens (tertiary/aromatic N) is 2. The highest BCUT2D eigenvalue weighted by Crippen LogP contribution is 2.36. The topological polar surface area (TPSA) is 40.6 Å². The van der Waals surface area contributed by atoms with Crippen LogP contribution in [0.2, 0.25) is 10.0 Å². The van der Waals surface area contributed by atoms with Gasteiger partial charge < -0.3 is 9.80 Å². The van der Waals surface area contributed by atoms with E-state index in [0.717, 1.165) is 25.9 Å². The van der Waals surface area contributed by atoms with Crippen LogP contribution < -0.4 is 4.90 Å². The van der Waals surface area contributed by atoms with Crippen molar-refractivity contribution in [2.24, 2.45) is 5.92 Å². The van der Waals surface area contributed by atoms with Crippen molar-refractivity contribution in [2.45, 2.75) is 33.1 Å². The molecule has 1 atom stereocenters. The molecule has 1 heterocycles. The molecule has 0 N–H and O–H groups in total. The lowest BCUT2D eigenvalue weighted by molar-refractivity contribution is -0.135. The standard InChI is InChI=1S/C17H22Cl2N2O2/c1-3-8-20(9-4-2)17(23)12-10-15(22)21(11-12)14-7-5-6-13(18)16(14)19/h5-7,12H,3-4,8-11H2,1-2H3. The molecule has 0 saturated carbocycles. The molecular weight excluding hydrogens is 335 g/mol. The van der Waals surface area contributed by atoms with Crippen LogP contribution in [0.25, 0.3) is 0 Å². The van der Waals surface area contributed by atoms with Crippen LogP contribution in [0.5, 0.6) is 0 Å². The molecule has 2 amide bonds. The van der Waals surface area contributed by atoms with E-state index in [1.807, 2.05) is 18.7 Å². The van der Waals surface area contributed by atoms with E-state index in [1.54, 1.807) is 23.1 Å². The van der Waals surface area contributed by atoms with Gasteiger partial charge in [0.1, 0.15) is 0 Å². The van der Waals surface area contributed by atoms with Gasteiger partial charge in [-0.05, 0) is 25.0 Å². The van der Waals surface area contributed by atoms with E-state index in [-0.39, 0.29) is 24.2 Å². The first-order valence-corrected chi connectivity index (χ1v) is 8.78. The molecule has 1 aromatic rings. The average Bonchev–Trinajstić information content (AvgIpc) is 2.91. The molecular formula is C17H22Cl2N2O2. The van der Waals surface area contributed by atoms with Gasteiger partial charge in [-0.25, -0.2) is 0 Å². The van der Waals surface area contributed by atoms with Gasteiger partial charge in [-0.1, -0.05) is 43.1 Å². The third-order valence-corrected chi connectivity index (χ3v) is 4.80. The Bertz CT molecular complexity index is 586. The maximum Gasteiger partial charge on any atom is 0.228 e. The molecule has 0 bridgehead atoms. The van der Waals surface area contributed by atoms with Crippen molar-refractivity contribution in [2.75, 3.05) is 24.5 Å². The van der Waals surface area contributed by atoms with E-state index in [0.29, 0.717) is 22.3 Å². The lowest BCUT2D eigenvalue weighted by Crippen LogP contribution is -2.38. The van der Waals surface area contributed by atoms with Crippen molar-refractivity contribution in [1.29, 1.82) is 0 Å². The molecule has 1 aliphatic heterocycles. The number of carbonyl (C=O) groups excluding carboxylic acids is 2. The zero-order valence-corrected chi connectivity index (χ0v) is 15.0. The Morgan fingerprint density at radius 2 is 1.91 bits per heavy atom. The molecule has 1 aliphatic rings. The number of amides is 2. The Hall–Kier alpha value is -1.26. The Labute approximate surface area is 147 Å². The van der Waals surface area contributed by atoms with Crippen molar-refractivity contribution in [3.05, 3.63) is 28.2 Å². The first-order chi connectivity index (χ1) is 11.0. The molecule has 23 heavy (non-hydrogen) atoms. The van der Waals surface area contributed by atoms with E-state index in [2.05, 4.69) is 0 Å². The Morgan fingerprint density at radius 1 is 1.26 bits per heavy atom. The van der Waals surface area contributed by atoms with Crippen molar-refractivity contribution >= 4 is 40.7 Å². The molecule has 6 heteroatoms. The predicted molar refractivity (Wildman–Crippen MR) is 94.1 cm³/mol. The Kier molecular flexibility index (Phi) is 6.31. The first kappa shape index (κ1) is 18.1. The number of rotatable bonds is 6. The highest BCUT2D eigenvalue weighted by Gasteiger charge is 2.37. The summed E-state index contributed by atoms with van der Waals surface area (Å²) in [7, 11) is 0. The molecule has 0 aliphatic carbocycles. The van der Waals surface area contributed by atoms with Crippen LogP contribution in [0, 0.1) is 5.92 Å². The fourth-order valence-corrected chi connectivity index (χ4v) is 3.33. The molecule has 126 valence electrons. The molecule has 1 fully saturated rings. The fourth-order valence-electron chi connectivity index (χ4n) is 2.94. The molecule has 1 aromatic carbocycles. The summed E-state index contributed by atoms with van der Waals surface area (Å²) in [6.07, 6.45) is 2.05. The number of benzene rings is 1. The van der Waals surface area contributed by atoms with Gasteiger partial charge in [-0.15, -0.1) is 0 Å². The van der Waals surface area contributed by atoms with E-state index in [4.69, 9.17) is 23.2 Å². The molecule has 0 aromatic heterocycles. The zero-order valence-electron chi connectivity index (χ0n) is 13.5. The van der Waals surface area contributed by atoms with Crippen LogP contribution in [0.1, 0.15) is 33.1 Å². The number of halogens is 2. The summed E-state index contributed by atoms with van der Waals surface area (Å²) < 4.78 is 0. The summed E-state index contributed by atoms with van der Waals surface area (Å²) in [5.41, 5.74) is 0.581. The van der Waals surface area contributed by atoms with Gasteiger partial charge >= 0.3 is 0 Å². The second-order valence-corrected chi connectivity index (χ2v) is 6.59. The average molecular weight is 357 g/mol. The van der Waals surface area contributed by atoms with E-state index in [9.17, 15) is 9.59 Å². The van der Waals surface area contributed by atoms with Crippen LogP contribution in [0.4, 0.5) is 5.69 Å². The summed E-state index contributed by atoms with van der Waals surface area (Å²) in [4.78, 5) is 28.5. The lowest BCUT2D eigenvalue weighted by Gasteiger charge is -2.25. The van der Waals surface area contributed by atoms with E-state index >= 15 is 0 Å². The van der Waals surface area contributed by atoms with Crippen LogP contribution in [-0.4, -0.2) is 36.3 Å². The summed E-state index contributed by atoms with van der Waals surface area (Å²) in [5, 5.41) is 0.764. The van der Waals surface area contributed by atoms with E-state index in [1.165, 1.54) is 0 Å². The minimum absolute atomic E-state index is 0.0581. The largest absolute Gasteiger partial charge is 0.342 e. The van der Waals surface area contributed by atoms with Gasteiger partial charge in [-0.3, -0.25) is 9.59 Å². The van der Waals surface area contributed by atoms with Crippen molar-refractivity contribution in [1.82, 2.24) is 4.90 Å². The second-order valence-electron chi connectivity index (χ2n) is 5.80. The molecule has 4 nitrogen and oxygen atoms in total. The summed E-state index contributed by atoms with van der Waals surface area (Å²) in [5.74, 6) is -0.334. The summed E-state index contributed by atoms with van der Waals surface area (Å²) >= 11 is 12.2. The van der Waals surface area contributed by atoms with Crippen LogP contribution in [-0.2, 0) is 9.59 Å². The maximum absolute atomic E-state index is 12.7. The number of hydrogen-bond acceptors (Lipinski definition) is 2. The van der Waals surface area contributed by atoms with Crippen molar-refractivity contribution in [3.8, 4) is 0 Å². The third-order valence-electron chi connectivity index (χ3n) is 4.00. The fraction of sp³-hybridized carbons (Fsp3) is 0.529.